The normalized spacial score (nSPS) is 11.9. The maximum atomic E-state index is 11.8. The Morgan fingerprint density at radius 3 is 1.27 bits per heavy atom. The van der Waals surface area contributed by atoms with Crippen molar-refractivity contribution in [1.29, 1.82) is 0 Å². The van der Waals surface area contributed by atoms with E-state index in [-0.39, 0.29) is 5.71 Å². The number of rotatable bonds is 2. The third-order valence-electron chi connectivity index (χ3n) is 1.89. The van der Waals surface area contributed by atoms with Crippen molar-refractivity contribution in [3.8, 4) is 0 Å². The first-order chi connectivity index (χ1) is 6.51. The average Bonchev–Trinajstić information content (AvgIpc) is 2.01. The van der Waals surface area contributed by atoms with E-state index in [1.807, 2.05) is 0 Å². The van der Waals surface area contributed by atoms with Crippen LogP contribution in [0.3, 0.4) is 0 Å². The van der Waals surface area contributed by atoms with Crippen molar-refractivity contribution in [3.05, 3.63) is 5.53 Å². The van der Waals surface area contributed by atoms with Crippen molar-refractivity contribution in [2.75, 3.05) is 0 Å². The van der Waals surface area contributed by atoms with Gasteiger partial charge in [-0.25, -0.2) is 0 Å². The monoisotopic (exact) mass is 210 g/mol. The molecule has 0 aliphatic carbocycles. The molecule has 0 bridgehead atoms. The summed E-state index contributed by atoms with van der Waals surface area (Å²) in [4.78, 5) is 26.4. The summed E-state index contributed by atoms with van der Waals surface area (Å²) >= 11 is 0. The molecule has 0 unspecified atom stereocenters. The fourth-order valence-electron chi connectivity index (χ4n) is 0.904. The smallest absolute Gasteiger partial charge is 0.360 e. The van der Waals surface area contributed by atoms with E-state index >= 15 is 0 Å². The number of hydrogen-bond donors (Lipinski definition) is 0. The lowest BCUT2D eigenvalue weighted by atomic mass is 9.80. The van der Waals surface area contributed by atoms with Crippen LogP contribution in [-0.4, -0.2) is 22.1 Å². The highest BCUT2D eigenvalue weighted by molar-refractivity contribution is 6.65. The Hall–Kier alpha value is -1.28. The molecule has 0 N–H and O–H groups in total. The molecule has 15 heavy (non-hydrogen) atoms. The van der Waals surface area contributed by atoms with Crippen LogP contribution < -0.4 is 0 Å². The Morgan fingerprint density at radius 2 is 1.13 bits per heavy atom. The predicted octanol–water partition coefficient (Wildman–Crippen LogP) is 1.89. The van der Waals surface area contributed by atoms with Crippen LogP contribution in [0.2, 0.25) is 0 Å². The molecule has 0 aromatic carbocycles. The topological polar surface area (TPSA) is 70.5 Å². The van der Waals surface area contributed by atoms with E-state index < -0.39 is 22.4 Å². The molecule has 0 heterocycles. The minimum absolute atomic E-state index is 0.366. The summed E-state index contributed by atoms with van der Waals surface area (Å²) in [6.07, 6.45) is 0. The Bertz CT molecular complexity index is 309. The van der Waals surface area contributed by atoms with Crippen LogP contribution in [0.5, 0.6) is 0 Å². The zero-order chi connectivity index (χ0) is 12.4. The Morgan fingerprint density at radius 1 is 0.867 bits per heavy atom. The molecule has 4 heteroatoms. The third-order valence-corrected chi connectivity index (χ3v) is 1.89. The zero-order valence-corrected chi connectivity index (χ0v) is 10.2. The van der Waals surface area contributed by atoms with Gasteiger partial charge in [0, 0.05) is 10.8 Å². The van der Waals surface area contributed by atoms with E-state index in [9.17, 15) is 9.59 Å². The summed E-state index contributed by atoms with van der Waals surface area (Å²) in [5.41, 5.74) is 6.93. The second-order valence-electron chi connectivity index (χ2n) is 5.61. The van der Waals surface area contributed by atoms with Gasteiger partial charge < -0.3 is 5.53 Å². The Balaban J connectivity index is 5.26. The van der Waals surface area contributed by atoms with Crippen molar-refractivity contribution in [2.24, 2.45) is 10.8 Å². The lowest BCUT2D eigenvalue weighted by molar-refractivity contribution is -0.131. The fraction of sp³-hybridized carbons (Fsp3) is 0.727. The van der Waals surface area contributed by atoms with Crippen molar-refractivity contribution in [1.82, 2.24) is 0 Å². The average molecular weight is 210 g/mol. The van der Waals surface area contributed by atoms with Crippen LogP contribution in [-0.2, 0) is 9.59 Å². The van der Waals surface area contributed by atoms with Crippen LogP contribution in [0, 0.1) is 10.8 Å². The van der Waals surface area contributed by atoms with Gasteiger partial charge in [0.1, 0.15) is 0 Å². The summed E-state index contributed by atoms with van der Waals surface area (Å²) in [7, 11) is 0. The first kappa shape index (κ1) is 13.7. The maximum Gasteiger partial charge on any atom is 0.401 e. The van der Waals surface area contributed by atoms with E-state index in [1.54, 1.807) is 41.5 Å². The van der Waals surface area contributed by atoms with E-state index in [0.29, 0.717) is 0 Å². The van der Waals surface area contributed by atoms with Crippen molar-refractivity contribution in [3.63, 3.8) is 0 Å². The molecule has 0 rings (SSSR count). The fourth-order valence-corrected chi connectivity index (χ4v) is 0.904. The molecule has 0 spiro atoms. The minimum Gasteiger partial charge on any atom is -0.360 e. The van der Waals surface area contributed by atoms with Gasteiger partial charge in [-0.05, 0) is 0 Å². The second-order valence-corrected chi connectivity index (χ2v) is 5.61. The molecule has 0 saturated carbocycles. The quantitative estimate of drug-likeness (QED) is 0.302. The molecule has 0 saturated heterocycles. The van der Waals surface area contributed by atoms with Gasteiger partial charge in [-0.15, -0.1) is 0 Å². The highest BCUT2D eigenvalue weighted by Gasteiger charge is 2.42. The van der Waals surface area contributed by atoms with Gasteiger partial charge in [-0.2, -0.15) is 4.79 Å². The lowest BCUT2D eigenvalue weighted by Gasteiger charge is -2.17. The number of nitrogens with zero attached hydrogens (tertiary/aromatic N) is 2. The summed E-state index contributed by atoms with van der Waals surface area (Å²) < 4.78 is 0. The van der Waals surface area contributed by atoms with Crippen LogP contribution >= 0.6 is 0 Å². The van der Waals surface area contributed by atoms with Gasteiger partial charge in [-0.3, -0.25) is 9.59 Å². The molecule has 0 radical (unpaired) electrons. The third kappa shape index (κ3) is 3.40. The Kier molecular flexibility index (Phi) is 3.72. The first-order valence-corrected chi connectivity index (χ1v) is 4.83. The number of carbonyl (C=O) groups excluding carboxylic acids is 2. The SMILES string of the molecule is CC(C)(C)C(=O)C(=[N+]=[N-])C(=O)C(C)(C)C. The highest BCUT2D eigenvalue weighted by atomic mass is 16.2. The summed E-state index contributed by atoms with van der Waals surface area (Å²) in [5, 5.41) is 0. The number of carbonyl (C=O) groups is 2. The largest absolute Gasteiger partial charge is 0.401 e. The van der Waals surface area contributed by atoms with E-state index in [0.717, 1.165) is 0 Å². The van der Waals surface area contributed by atoms with Gasteiger partial charge in [0.15, 0.2) is 0 Å². The first-order valence-electron chi connectivity index (χ1n) is 4.83. The molecule has 0 fully saturated rings. The van der Waals surface area contributed by atoms with Crippen molar-refractivity contribution < 1.29 is 14.4 Å². The molecule has 0 amide bonds. The number of hydrogen-bond acceptors (Lipinski definition) is 2. The zero-order valence-electron chi connectivity index (χ0n) is 10.2. The van der Waals surface area contributed by atoms with Crippen molar-refractivity contribution in [2.45, 2.75) is 41.5 Å². The summed E-state index contributed by atoms with van der Waals surface area (Å²) in [5.74, 6) is -0.880. The van der Waals surface area contributed by atoms with Crippen molar-refractivity contribution >= 4 is 17.3 Å². The van der Waals surface area contributed by atoms with Crippen LogP contribution in [0.25, 0.3) is 5.53 Å². The number of ketones is 2. The molecular formula is C11H18N2O2. The summed E-state index contributed by atoms with van der Waals surface area (Å²) in [6, 6.07) is 0. The van der Waals surface area contributed by atoms with Crippen LogP contribution in [0.15, 0.2) is 0 Å². The molecule has 0 aromatic rings. The molecule has 0 aliphatic heterocycles. The predicted molar refractivity (Wildman–Crippen MR) is 57.6 cm³/mol. The molecule has 4 nitrogen and oxygen atoms in total. The van der Waals surface area contributed by atoms with Gasteiger partial charge in [0.2, 0.25) is 0 Å². The van der Waals surface area contributed by atoms with Gasteiger partial charge in [0.05, 0.1) is 0 Å². The lowest BCUT2D eigenvalue weighted by Crippen LogP contribution is -2.40. The molecule has 84 valence electrons. The van der Waals surface area contributed by atoms with Crippen LogP contribution in [0.4, 0.5) is 0 Å². The number of Topliss-reactive ketones (excluding diaryl/α,β-unsaturated/α-hetero) is 2. The highest BCUT2D eigenvalue weighted by Crippen LogP contribution is 2.20. The maximum absolute atomic E-state index is 11.8. The van der Waals surface area contributed by atoms with E-state index in [2.05, 4.69) is 4.79 Å². The standard InChI is InChI=1S/C11H18N2O2/c1-10(2,3)8(14)7(13-12)9(15)11(4,5)6/h1-6H3. The molecule has 0 aliphatic rings. The summed E-state index contributed by atoms with van der Waals surface area (Å²) in [6.45, 7) is 10.1. The van der Waals surface area contributed by atoms with E-state index in [4.69, 9.17) is 5.53 Å². The minimum atomic E-state index is -0.720. The van der Waals surface area contributed by atoms with Gasteiger partial charge >= 0.3 is 5.71 Å². The second kappa shape index (κ2) is 4.07. The molecule has 0 atom stereocenters. The van der Waals surface area contributed by atoms with Gasteiger partial charge in [-0.1, -0.05) is 41.5 Å². The van der Waals surface area contributed by atoms with Gasteiger partial charge in [0.25, 0.3) is 11.6 Å². The van der Waals surface area contributed by atoms with Crippen LogP contribution in [0.1, 0.15) is 41.5 Å². The van der Waals surface area contributed by atoms with E-state index in [1.165, 1.54) is 0 Å². The molecule has 0 aromatic heterocycles. The Labute approximate surface area is 90.3 Å². The molecular weight excluding hydrogens is 192 g/mol.